The molecule has 0 unspecified atom stereocenters. The van der Waals surface area contributed by atoms with Gasteiger partial charge in [-0.1, -0.05) is 12.1 Å². The Bertz CT molecular complexity index is 776. The number of hydrogen-bond acceptors (Lipinski definition) is 5. The van der Waals surface area contributed by atoms with Crippen LogP contribution in [0.3, 0.4) is 0 Å². The third kappa shape index (κ3) is 4.63. The lowest BCUT2D eigenvalue weighted by Crippen LogP contribution is -2.44. The van der Waals surface area contributed by atoms with Gasteiger partial charge in [0.1, 0.15) is 17.2 Å². The Labute approximate surface area is 145 Å². The van der Waals surface area contributed by atoms with Gasteiger partial charge in [-0.3, -0.25) is 20.0 Å². The molecular formula is C18H20N2O5. The fourth-order valence-electron chi connectivity index (χ4n) is 2.29. The highest BCUT2D eigenvalue weighted by molar-refractivity contribution is 5.98. The van der Waals surface area contributed by atoms with Crippen molar-refractivity contribution in [1.29, 1.82) is 0 Å². The standard InChI is InChI=1S/C18H20N2O5/c1-20(19-17(22)10-12-5-4-6-13(21)9-12)18(23)15-8-7-14(24-2)11-16(15)25-3/h4-9,11,21H,10H2,1-3H3,(H,19,22). The number of ether oxygens (including phenoxy) is 2. The second-order valence-electron chi connectivity index (χ2n) is 5.31. The summed E-state index contributed by atoms with van der Waals surface area (Å²) in [5.74, 6) is 0.179. The number of carbonyl (C=O) groups is 2. The van der Waals surface area contributed by atoms with Crippen molar-refractivity contribution in [3.8, 4) is 17.2 Å². The number of phenols is 1. The van der Waals surface area contributed by atoms with E-state index in [2.05, 4.69) is 5.43 Å². The number of amides is 2. The van der Waals surface area contributed by atoms with Crippen molar-refractivity contribution in [3.05, 3.63) is 53.6 Å². The second kappa shape index (κ2) is 8.05. The molecule has 0 heterocycles. The number of hydrazine groups is 1. The number of rotatable bonds is 5. The van der Waals surface area contributed by atoms with Gasteiger partial charge < -0.3 is 14.6 Å². The number of nitrogens with zero attached hydrogens (tertiary/aromatic N) is 1. The molecule has 2 rings (SSSR count). The van der Waals surface area contributed by atoms with Crippen LogP contribution in [0.15, 0.2) is 42.5 Å². The van der Waals surface area contributed by atoms with Gasteiger partial charge >= 0.3 is 0 Å². The van der Waals surface area contributed by atoms with E-state index in [9.17, 15) is 14.7 Å². The number of aromatic hydroxyl groups is 1. The zero-order valence-electron chi connectivity index (χ0n) is 14.3. The predicted octanol–water partition coefficient (Wildman–Crippen LogP) is 1.76. The molecule has 2 N–H and O–H groups in total. The molecule has 0 radical (unpaired) electrons. The molecule has 0 atom stereocenters. The van der Waals surface area contributed by atoms with Crippen LogP contribution in [0.25, 0.3) is 0 Å². The van der Waals surface area contributed by atoms with Crippen LogP contribution in [0, 0.1) is 0 Å². The summed E-state index contributed by atoms with van der Waals surface area (Å²) in [5.41, 5.74) is 3.44. The smallest absolute Gasteiger partial charge is 0.275 e. The van der Waals surface area contributed by atoms with Gasteiger partial charge in [0.2, 0.25) is 5.91 Å². The summed E-state index contributed by atoms with van der Waals surface area (Å²) in [5, 5.41) is 10.5. The van der Waals surface area contributed by atoms with E-state index in [1.165, 1.54) is 33.4 Å². The van der Waals surface area contributed by atoms with Crippen LogP contribution in [0.5, 0.6) is 17.2 Å². The Morgan fingerprint density at radius 3 is 2.52 bits per heavy atom. The van der Waals surface area contributed by atoms with Crippen LogP contribution < -0.4 is 14.9 Å². The minimum Gasteiger partial charge on any atom is -0.508 e. The summed E-state index contributed by atoms with van der Waals surface area (Å²) in [6.45, 7) is 0. The molecule has 0 aliphatic rings. The van der Waals surface area contributed by atoms with Gasteiger partial charge in [0, 0.05) is 13.1 Å². The van der Waals surface area contributed by atoms with Gasteiger partial charge in [-0.2, -0.15) is 0 Å². The van der Waals surface area contributed by atoms with Crippen molar-refractivity contribution in [2.24, 2.45) is 0 Å². The normalized spacial score (nSPS) is 10.0. The van der Waals surface area contributed by atoms with Gasteiger partial charge in [-0.25, -0.2) is 0 Å². The molecule has 0 saturated heterocycles. The molecular weight excluding hydrogens is 324 g/mol. The monoisotopic (exact) mass is 344 g/mol. The average molecular weight is 344 g/mol. The Kier molecular flexibility index (Phi) is 5.84. The summed E-state index contributed by atoms with van der Waals surface area (Å²) in [7, 11) is 4.42. The molecule has 0 aliphatic carbocycles. The van der Waals surface area contributed by atoms with E-state index in [0.29, 0.717) is 22.6 Å². The highest BCUT2D eigenvalue weighted by atomic mass is 16.5. The Balaban J connectivity index is 2.06. The summed E-state index contributed by atoms with van der Waals surface area (Å²) in [4.78, 5) is 24.6. The summed E-state index contributed by atoms with van der Waals surface area (Å²) < 4.78 is 10.3. The highest BCUT2D eigenvalue weighted by Gasteiger charge is 2.19. The maximum absolute atomic E-state index is 12.5. The van der Waals surface area contributed by atoms with Crippen LogP contribution in [0.4, 0.5) is 0 Å². The van der Waals surface area contributed by atoms with Crippen molar-refractivity contribution >= 4 is 11.8 Å². The molecule has 0 aliphatic heterocycles. The van der Waals surface area contributed by atoms with E-state index in [4.69, 9.17) is 9.47 Å². The molecule has 0 bridgehead atoms. The largest absolute Gasteiger partial charge is 0.508 e. The third-order valence-corrected chi connectivity index (χ3v) is 3.51. The van der Waals surface area contributed by atoms with E-state index < -0.39 is 5.91 Å². The molecule has 25 heavy (non-hydrogen) atoms. The average Bonchev–Trinajstić information content (AvgIpc) is 2.60. The van der Waals surface area contributed by atoms with Crippen molar-refractivity contribution in [3.63, 3.8) is 0 Å². The maximum Gasteiger partial charge on any atom is 0.275 e. The number of hydrogen-bond donors (Lipinski definition) is 2. The van der Waals surface area contributed by atoms with Crippen molar-refractivity contribution in [1.82, 2.24) is 10.4 Å². The molecule has 2 aromatic carbocycles. The van der Waals surface area contributed by atoms with Crippen LogP contribution >= 0.6 is 0 Å². The van der Waals surface area contributed by atoms with Crippen molar-refractivity contribution in [2.45, 2.75) is 6.42 Å². The van der Waals surface area contributed by atoms with Gasteiger partial charge in [0.15, 0.2) is 0 Å². The fraction of sp³-hybridized carbons (Fsp3) is 0.222. The molecule has 0 fully saturated rings. The van der Waals surface area contributed by atoms with Crippen LogP contribution in [-0.2, 0) is 11.2 Å². The van der Waals surface area contributed by atoms with E-state index in [-0.39, 0.29) is 18.1 Å². The zero-order chi connectivity index (χ0) is 18.4. The lowest BCUT2D eigenvalue weighted by molar-refractivity contribution is -0.123. The van der Waals surface area contributed by atoms with Crippen LogP contribution in [0.2, 0.25) is 0 Å². The minimum atomic E-state index is -0.427. The highest BCUT2D eigenvalue weighted by Crippen LogP contribution is 2.25. The molecule has 0 spiro atoms. The van der Waals surface area contributed by atoms with Gasteiger partial charge in [0.25, 0.3) is 5.91 Å². The molecule has 132 valence electrons. The first-order valence-corrected chi connectivity index (χ1v) is 7.52. The number of carbonyl (C=O) groups excluding carboxylic acids is 2. The molecule has 2 amide bonds. The van der Waals surface area contributed by atoms with E-state index in [1.54, 1.807) is 30.3 Å². The van der Waals surface area contributed by atoms with Gasteiger partial charge in [-0.05, 0) is 29.8 Å². The molecule has 2 aromatic rings. The maximum atomic E-state index is 12.5. The Hall–Kier alpha value is -3.22. The summed E-state index contributed by atoms with van der Waals surface area (Å²) in [6.07, 6.45) is 0.0335. The topological polar surface area (TPSA) is 88.1 Å². The Morgan fingerprint density at radius 1 is 1.12 bits per heavy atom. The number of benzene rings is 2. The lowest BCUT2D eigenvalue weighted by atomic mass is 10.1. The molecule has 7 nitrogen and oxygen atoms in total. The first-order chi connectivity index (χ1) is 11.9. The van der Waals surface area contributed by atoms with E-state index >= 15 is 0 Å². The van der Waals surface area contributed by atoms with Gasteiger partial charge in [-0.15, -0.1) is 0 Å². The molecule has 0 saturated carbocycles. The number of nitrogens with one attached hydrogen (secondary N) is 1. The first kappa shape index (κ1) is 18.1. The zero-order valence-corrected chi connectivity index (χ0v) is 14.3. The second-order valence-corrected chi connectivity index (χ2v) is 5.31. The SMILES string of the molecule is COc1ccc(C(=O)N(C)NC(=O)Cc2cccc(O)c2)c(OC)c1. The van der Waals surface area contributed by atoms with Gasteiger partial charge in [0.05, 0.1) is 26.2 Å². The fourth-order valence-corrected chi connectivity index (χ4v) is 2.29. The summed E-state index contributed by atoms with van der Waals surface area (Å²) in [6, 6.07) is 11.2. The molecule has 7 heteroatoms. The number of phenolic OH excluding ortho intramolecular Hbond substituents is 1. The Morgan fingerprint density at radius 2 is 1.88 bits per heavy atom. The van der Waals surface area contributed by atoms with Crippen molar-refractivity contribution in [2.75, 3.05) is 21.3 Å². The quantitative estimate of drug-likeness (QED) is 0.807. The lowest BCUT2D eigenvalue weighted by Gasteiger charge is -2.20. The van der Waals surface area contributed by atoms with Crippen LogP contribution in [0.1, 0.15) is 15.9 Å². The predicted molar refractivity (Wildman–Crippen MR) is 91.6 cm³/mol. The van der Waals surface area contributed by atoms with Crippen molar-refractivity contribution < 1.29 is 24.2 Å². The number of methoxy groups -OCH3 is 2. The molecule has 0 aromatic heterocycles. The summed E-state index contributed by atoms with van der Waals surface area (Å²) >= 11 is 0. The first-order valence-electron chi connectivity index (χ1n) is 7.52. The van der Waals surface area contributed by atoms with E-state index in [0.717, 1.165) is 5.01 Å². The van der Waals surface area contributed by atoms with E-state index in [1.807, 2.05) is 0 Å². The minimum absolute atomic E-state index is 0.0335. The van der Waals surface area contributed by atoms with Crippen LogP contribution in [-0.4, -0.2) is 43.2 Å². The third-order valence-electron chi connectivity index (χ3n) is 3.51.